The molecule has 67 heavy (non-hydrogen) atoms. The van der Waals surface area contributed by atoms with E-state index in [2.05, 4.69) is 228 Å². The fourth-order valence-corrected chi connectivity index (χ4v) is 11.8. The van der Waals surface area contributed by atoms with Crippen LogP contribution < -0.4 is 21.1 Å². The number of furan rings is 1. The van der Waals surface area contributed by atoms with Crippen molar-refractivity contribution < 1.29 is 4.42 Å². The van der Waals surface area contributed by atoms with E-state index in [0.717, 1.165) is 45.3 Å². The number of nitrogens with one attached hydrogen (secondary N) is 1. The molecule has 337 valence electrons. The molecule has 1 aliphatic heterocycles. The Bertz CT molecular complexity index is 3300. The summed E-state index contributed by atoms with van der Waals surface area (Å²) in [5.74, 6) is 0. The van der Waals surface area contributed by atoms with Gasteiger partial charge in [-0.25, -0.2) is 0 Å². The predicted octanol–water partition coefficient (Wildman–Crippen LogP) is 16.4. The molecule has 4 heteroatoms. The Morgan fingerprint density at radius 3 is 1.90 bits per heavy atom. The van der Waals surface area contributed by atoms with Gasteiger partial charge in [0.25, 0.3) is 0 Å². The van der Waals surface area contributed by atoms with Crippen LogP contribution >= 0.6 is 0 Å². The molecule has 0 fully saturated rings. The third kappa shape index (κ3) is 7.15. The number of para-hydroxylation sites is 1. The lowest BCUT2D eigenvalue weighted by molar-refractivity contribution is 0.332. The van der Waals surface area contributed by atoms with Gasteiger partial charge in [-0.1, -0.05) is 160 Å². The highest BCUT2D eigenvalue weighted by molar-refractivity contribution is 6.73. The molecular weight excluding hydrogens is 812 g/mol. The third-order valence-electron chi connectivity index (χ3n) is 16.3. The first-order chi connectivity index (χ1) is 31.7. The fraction of sp³-hybridized carbons (Fsp3) is 0.333. The number of rotatable bonds is 5. The van der Waals surface area contributed by atoms with Crippen LogP contribution in [0.3, 0.4) is 0 Å². The van der Waals surface area contributed by atoms with Crippen LogP contribution in [0, 0.1) is 6.92 Å². The molecule has 0 saturated carbocycles. The number of benzene rings is 7. The fourth-order valence-electron chi connectivity index (χ4n) is 11.8. The van der Waals surface area contributed by atoms with Gasteiger partial charge in [0.15, 0.2) is 7.28 Å². The molecular formula is C63H66BN2O. The lowest BCUT2D eigenvalue weighted by Crippen LogP contribution is -2.42. The first kappa shape index (κ1) is 43.6. The van der Waals surface area contributed by atoms with Crippen molar-refractivity contribution in [3.8, 4) is 22.3 Å². The smallest absolute Gasteiger partial charge is 0.197 e. The minimum atomic E-state index is -0.152. The van der Waals surface area contributed by atoms with Crippen LogP contribution in [0.2, 0.25) is 0 Å². The zero-order valence-electron chi connectivity index (χ0n) is 41.9. The Balaban J connectivity index is 1.21. The maximum absolute atomic E-state index is 6.75. The van der Waals surface area contributed by atoms with Gasteiger partial charge in [-0.15, -0.1) is 0 Å². The van der Waals surface area contributed by atoms with Gasteiger partial charge in [-0.3, -0.25) is 0 Å². The monoisotopic (exact) mass is 878 g/mol. The Labute approximate surface area is 400 Å². The number of hydrogen-bond acceptors (Lipinski definition) is 3. The highest BCUT2D eigenvalue weighted by Gasteiger charge is 2.40. The zero-order chi connectivity index (χ0) is 47.0. The standard InChI is InChI=1S/C63H66BN2O/c1-38-32-46-48(63(11,12)31-30-61(46,7)8)37-52(38)66-51-26-22-40(39-18-14-13-15-19-39)33-49(51)64-58-44(34-41(35-53(58)66)59(2,3)4)56-50(25-27-55-57(56)43-20-16-17-21-54(43)67-55)65-42-23-24-45-47(36-42)62(9,10)29-28-60(45,5)6/h13-27,32-37,65H,28-31H2,1-12H3. The largest absolute Gasteiger partial charge is 0.456 e. The minimum absolute atomic E-state index is 0.0522. The molecule has 7 aromatic carbocycles. The second-order valence-corrected chi connectivity index (χ2v) is 23.9. The molecule has 1 aromatic heterocycles. The number of fused-ring (bicyclic) bond motifs is 7. The van der Waals surface area contributed by atoms with Crippen molar-refractivity contribution in [2.24, 2.45) is 0 Å². The molecule has 3 aliphatic rings. The molecule has 0 unspecified atom stereocenters. The van der Waals surface area contributed by atoms with Gasteiger partial charge in [-0.2, -0.15) is 0 Å². The quantitative estimate of drug-likeness (QED) is 0.175. The molecule has 2 aliphatic carbocycles. The Hall–Kier alpha value is -6.00. The number of nitrogens with zero attached hydrogens (tertiary/aromatic N) is 1. The lowest BCUT2D eigenvalue weighted by Gasteiger charge is -2.44. The van der Waals surface area contributed by atoms with E-state index in [1.165, 1.54) is 97.3 Å². The molecule has 0 spiro atoms. The third-order valence-corrected chi connectivity index (χ3v) is 16.3. The van der Waals surface area contributed by atoms with E-state index < -0.39 is 0 Å². The molecule has 11 rings (SSSR count). The Morgan fingerprint density at radius 1 is 0.552 bits per heavy atom. The number of anilines is 5. The predicted molar refractivity (Wildman–Crippen MR) is 288 cm³/mol. The topological polar surface area (TPSA) is 28.4 Å². The van der Waals surface area contributed by atoms with E-state index in [4.69, 9.17) is 4.42 Å². The SMILES string of the molecule is Cc1cc2c(cc1N1c3ccc(-c4ccccc4)cc3[B]c3c(-c4c(Nc5ccc6c(c5)C(C)(C)CCC6(C)C)ccc5oc6ccccc6c45)cc(C(C)(C)C)cc31)C(C)(C)CCC2(C)C. The van der Waals surface area contributed by atoms with E-state index in [1.54, 1.807) is 0 Å². The van der Waals surface area contributed by atoms with Crippen LogP contribution in [0.4, 0.5) is 28.4 Å². The minimum Gasteiger partial charge on any atom is -0.456 e. The summed E-state index contributed by atoms with van der Waals surface area (Å²) >= 11 is 0. The second-order valence-electron chi connectivity index (χ2n) is 23.9. The van der Waals surface area contributed by atoms with Gasteiger partial charge in [0, 0.05) is 44.8 Å². The molecule has 3 nitrogen and oxygen atoms in total. The zero-order valence-corrected chi connectivity index (χ0v) is 41.9. The average molecular weight is 878 g/mol. The van der Waals surface area contributed by atoms with Gasteiger partial charge in [0.2, 0.25) is 0 Å². The van der Waals surface area contributed by atoms with Crippen LogP contribution in [0.1, 0.15) is 135 Å². The summed E-state index contributed by atoms with van der Waals surface area (Å²) in [6.07, 6.45) is 4.70. The molecule has 0 bridgehead atoms. The first-order valence-corrected chi connectivity index (χ1v) is 24.8. The van der Waals surface area contributed by atoms with Crippen molar-refractivity contribution in [2.45, 2.75) is 136 Å². The Morgan fingerprint density at radius 2 is 1.19 bits per heavy atom. The Kier molecular flexibility index (Phi) is 9.76. The van der Waals surface area contributed by atoms with E-state index in [-0.39, 0.29) is 27.1 Å². The number of hydrogen-bond donors (Lipinski definition) is 1. The number of aryl methyl sites for hydroxylation is 1. The van der Waals surface area contributed by atoms with Crippen molar-refractivity contribution in [2.75, 3.05) is 10.2 Å². The summed E-state index contributed by atoms with van der Waals surface area (Å²) in [5.41, 5.74) is 23.5. The van der Waals surface area contributed by atoms with Crippen LogP contribution in [-0.4, -0.2) is 7.28 Å². The van der Waals surface area contributed by atoms with Crippen LogP contribution in [-0.2, 0) is 27.1 Å². The second kappa shape index (κ2) is 15.0. The van der Waals surface area contributed by atoms with Crippen LogP contribution in [0.25, 0.3) is 44.2 Å². The summed E-state index contributed by atoms with van der Waals surface area (Å²) in [4.78, 5) is 2.61. The van der Waals surface area contributed by atoms with Crippen molar-refractivity contribution in [3.63, 3.8) is 0 Å². The van der Waals surface area contributed by atoms with Crippen molar-refractivity contribution in [1.82, 2.24) is 0 Å². The van der Waals surface area contributed by atoms with E-state index in [1.807, 2.05) is 0 Å². The van der Waals surface area contributed by atoms with E-state index in [9.17, 15) is 0 Å². The molecule has 0 saturated heterocycles. The van der Waals surface area contributed by atoms with Gasteiger partial charge >= 0.3 is 0 Å². The highest BCUT2D eigenvalue weighted by atomic mass is 16.3. The van der Waals surface area contributed by atoms with E-state index in [0.29, 0.717) is 0 Å². The molecule has 0 atom stereocenters. The summed E-state index contributed by atoms with van der Waals surface area (Å²) < 4.78 is 6.75. The molecule has 8 aromatic rings. The van der Waals surface area contributed by atoms with Gasteiger partial charge < -0.3 is 14.6 Å². The van der Waals surface area contributed by atoms with Crippen molar-refractivity contribution >= 4 is 68.6 Å². The van der Waals surface area contributed by atoms with E-state index >= 15 is 0 Å². The van der Waals surface area contributed by atoms with Crippen molar-refractivity contribution in [1.29, 1.82) is 0 Å². The summed E-state index contributed by atoms with van der Waals surface area (Å²) in [6, 6.07) is 48.1. The molecule has 1 radical (unpaired) electrons. The maximum Gasteiger partial charge on any atom is 0.197 e. The first-order valence-electron chi connectivity index (χ1n) is 24.8. The van der Waals surface area contributed by atoms with Gasteiger partial charge in [-0.05, 0) is 164 Å². The van der Waals surface area contributed by atoms with Gasteiger partial charge in [0.05, 0.1) is 0 Å². The average Bonchev–Trinajstić information content (AvgIpc) is 3.67. The molecule has 2 heterocycles. The highest BCUT2D eigenvalue weighted by Crippen LogP contribution is 2.52. The summed E-state index contributed by atoms with van der Waals surface area (Å²) in [5, 5.41) is 6.33. The molecule has 0 amide bonds. The van der Waals surface area contributed by atoms with Crippen molar-refractivity contribution in [3.05, 3.63) is 161 Å². The summed E-state index contributed by atoms with van der Waals surface area (Å²) in [7, 11) is 2.48. The van der Waals surface area contributed by atoms with Crippen LogP contribution in [0.5, 0.6) is 0 Å². The summed E-state index contributed by atoms with van der Waals surface area (Å²) in [6.45, 7) is 28.8. The van der Waals surface area contributed by atoms with Gasteiger partial charge in [0.1, 0.15) is 11.2 Å². The normalized spacial score (nSPS) is 17.6. The maximum atomic E-state index is 6.75. The lowest BCUT2D eigenvalue weighted by atomic mass is 9.57. The van der Waals surface area contributed by atoms with Crippen LogP contribution in [0.15, 0.2) is 132 Å². The molecule has 1 N–H and O–H groups in total.